The molecule has 9 heavy (non-hydrogen) atoms. The van der Waals surface area contributed by atoms with Gasteiger partial charge < -0.3 is 5.73 Å². The molecule has 0 bridgehead atoms. The quantitative estimate of drug-likeness (QED) is 0.591. The summed E-state index contributed by atoms with van der Waals surface area (Å²) in [6.07, 6.45) is 3.31. The Morgan fingerprint density at radius 3 is 2.67 bits per heavy atom. The van der Waals surface area contributed by atoms with Gasteiger partial charge in [0.05, 0.1) is 6.20 Å². The highest BCUT2D eigenvalue weighted by Crippen LogP contribution is 2.03. The first-order chi connectivity index (χ1) is 4.30. The van der Waals surface area contributed by atoms with Gasteiger partial charge in [-0.25, -0.2) is 0 Å². The molecule has 0 spiro atoms. The number of nitrogens with zero attached hydrogens (tertiary/aromatic N) is 2. The van der Waals surface area contributed by atoms with Crippen molar-refractivity contribution >= 4 is 0 Å². The fourth-order valence-corrected chi connectivity index (χ4v) is 0.570. The molecule has 3 heteroatoms. The third kappa shape index (κ3) is 1.47. The predicted molar refractivity (Wildman–Crippen MR) is 34.6 cm³/mol. The van der Waals surface area contributed by atoms with Crippen LogP contribution in [0.3, 0.4) is 0 Å². The van der Waals surface area contributed by atoms with Crippen molar-refractivity contribution in [2.75, 3.05) is 0 Å². The summed E-state index contributed by atoms with van der Waals surface area (Å²) >= 11 is 0. The normalized spacial score (nSPS) is 13.1. The van der Waals surface area contributed by atoms with Crippen LogP contribution in [-0.4, -0.2) is 10.2 Å². The Hall–Kier alpha value is -0.960. The van der Waals surface area contributed by atoms with E-state index in [1.807, 2.05) is 13.0 Å². The van der Waals surface area contributed by atoms with Crippen LogP contribution in [0.15, 0.2) is 18.5 Å². The van der Waals surface area contributed by atoms with E-state index in [4.69, 9.17) is 5.73 Å². The van der Waals surface area contributed by atoms with Gasteiger partial charge in [-0.2, -0.15) is 10.2 Å². The highest BCUT2D eigenvalue weighted by Gasteiger charge is 1.95. The molecular formula is C6H9N3. The third-order valence-electron chi connectivity index (χ3n) is 1.13. The summed E-state index contributed by atoms with van der Waals surface area (Å²) in [5.41, 5.74) is 6.56. The summed E-state index contributed by atoms with van der Waals surface area (Å²) in [6, 6.07) is 1.91. The van der Waals surface area contributed by atoms with Crippen molar-refractivity contribution in [2.45, 2.75) is 13.0 Å². The Morgan fingerprint density at radius 1 is 1.56 bits per heavy atom. The Balaban J connectivity index is 2.85. The van der Waals surface area contributed by atoms with Crippen LogP contribution in [0.25, 0.3) is 0 Å². The average Bonchev–Trinajstić information content (AvgIpc) is 1.90. The predicted octanol–water partition coefficient (Wildman–Crippen LogP) is 0.496. The molecule has 0 aliphatic rings. The van der Waals surface area contributed by atoms with Crippen LogP contribution >= 0.6 is 0 Å². The van der Waals surface area contributed by atoms with E-state index in [1.54, 1.807) is 12.4 Å². The van der Waals surface area contributed by atoms with Crippen molar-refractivity contribution in [1.82, 2.24) is 10.2 Å². The minimum atomic E-state index is 0.0560. The zero-order valence-corrected chi connectivity index (χ0v) is 5.28. The second-order valence-electron chi connectivity index (χ2n) is 1.96. The van der Waals surface area contributed by atoms with E-state index in [2.05, 4.69) is 10.2 Å². The minimum absolute atomic E-state index is 0.0560. The monoisotopic (exact) mass is 123 g/mol. The second kappa shape index (κ2) is 2.55. The molecule has 2 N–H and O–H groups in total. The van der Waals surface area contributed by atoms with Crippen molar-refractivity contribution in [3.8, 4) is 0 Å². The van der Waals surface area contributed by atoms with E-state index in [1.165, 1.54) is 0 Å². The molecular weight excluding hydrogens is 114 g/mol. The van der Waals surface area contributed by atoms with Crippen LogP contribution in [0.4, 0.5) is 0 Å². The lowest BCUT2D eigenvalue weighted by Crippen LogP contribution is -2.04. The van der Waals surface area contributed by atoms with Crippen molar-refractivity contribution in [3.63, 3.8) is 0 Å². The molecule has 1 aromatic rings. The number of rotatable bonds is 1. The fraction of sp³-hybridized carbons (Fsp3) is 0.333. The first-order valence-corrected chi connectivity index (χ1v) is 2.83. The van der Waals surface area contributed by atoms with Gasteiger partial charge in [0.25, 0.3) is 0 Å². The van der Waals surface area contributed by atoms with Gasteiger partial charge in [0.15, 0.2) is 0 Å². The van der Waals surface area contributed by atoms with Gasteiger partial charge in [0, 0.05) is 12.2 Å². The van der Waals surface area contributed by atoms with Crippen LogP contribution in [0.5, 0.6) is 0 Å². The topological polar surface area (TPSA) is 51.8 Å². The SMILES string of the molecule is C[C@@H](N)c1ccnnc1. The van der Waals surface area contributed by atoms with Gasteiger partial charge in [0.1, 0.15) is 0 Å². The molecule has 1 rings (SSSR count). The number of hydrogen-bond donors (Lipinski definition) is 1. The largest absolute Gasteiger partial charge is 0.324 e. The van der Waals surface area contributed by atoms with Crippen molar-refractivity contribution in [3.05, 3.63) is 24.0 Å². The van der Waals surface area contributed by atoms with E-state index in [0.29, 0.717) is 0 Å². The maximum Gasteiger partial charge on any atom is 0.0543 e. The van der Waals surface area contributed by atoms with Crippen LogP contribution in [-0.2, 0) is 0 Å². The Bertz CT molecular complexity index is 171. The van der Waals surface area contributed by atoms with Gasteiger partial charge in [0.2, 0.25) is 0 Å². The first-order valence-electron chi connectivity index (χ1n) is 2.83. The van der Waals surface area contributed by atoms with E-state index < -0.39 is 0 Å². The highest BCUT2D eigenvalue weighted by molar-refractivity contribution is 5.08. The van der Waals surface area contributed by atoms with Gasteiger partial charge in [-0.3, -0.25) is 0 Å². The standard InChI is InChI=1S/C6H9N3/c1-5(7)6-2-3-8-9-4-6/h2-5H,7H2,1H3/t5-/m1/s1. The summed E-state index contributed by atoms with van der Waals surface area (Å²) in [7, 11) is 0. The highest BCUT2D eigenvalue weighted by atomic mass is 15.1. The average molecular weight is 123 g/mol. The molecule has 0 unspecified atom stereocenters. The van der Waals surface area contributed by atoms with Gasteiger partial charge in [-0.05, 0) is 18.6 Å². The number of aromatic nitrogens is 2. The second-order valence-corrected chi connectivity index (χ2v) is 1.96. The molecule has 48 valence electrons. The fourth-order valence-electron chi connectivity index (χ4n) is 0.570. The molecule has 0 saturated carbocycles. The summed E-state index contributed by atoms with van der Waals surface area (Å²) in [4.78, 5) is 0. The zero-order valence-electron chi connectivity index (χ0n) is 5.28. The molecule has 0 aromatic carbocycles. The van der Waals surface area contributed by atoms with E-state index in [9.17, 15) is 0 Å². The molecule has 1 aromatic heterocycles. The summed E-state index contributed by atoms with van der Waals surface area (Å²) < 4.78 is 0. The van der Waals surface area contributed by atoms with E-state index in [0.717, 1.165) is 5.56 Å². The smallest absolute Gasteiger partial charge is 0.0543 e. The Morgan fingerprint density at radius 2 is 2.33 bits per heavy atom. The minimum Gasteiger partial charge on any atom is -0.324 e. The van der Waals surface area contributed by atoms with Gasteiger partial charge in [-0.15, -0.1) is 0 Å². The van der Waals surface area contributed by atoms with Crippen LogP contribution < -0.4 is 5.73 Å². The number of hydrogen-bond acceptors (Lipinski definition) is 3. The van der Waals surface area contributed by atoms with Crippen LogP contribution in [0, 0.1) is 0 Å². The molecule has 3 nitrogen and oxygen atoms in total. The summed E-state index contributed by atoms with van der Waals surface area (Å²) in [5.74, 6) is 0. The Kier molecular flexibility index (Phi) is 1.75. The molecule has 1 heterocycles. The molecule has 0 radical (unpaired) electrons. The van der Waals surface area contributed by atoms with Gasteiger partial charge >= 0.3 is 0 Å². The lowest BCUT2D eigenvalue weighted by molar-refractivity contribution is 0.800. The van der Waals surface area contributed by atoms with Crippen LogP contribution in [0.1, 0.15) is 18.5 Å². The third-order valence-corrected chi connectivity index (χ3v) is 1.13. The molecule has 1 atom stereocenters. The van der Waals surface area contributed by atoms with Crippen molar-refractivity contribution < 1.29 is 0 Å². The lowest BCUT2D eigenvalue weighted by atomic mass is 10.2. The Labute approximate surface area is 53.9 Å². The summed E-state index contributed by atoms with van der Waals surface area (Å²) in [6.45, 7) is 1.91. The molecule has 0 amide bonds. The van der Waals surface area contributed by atoms with Crippen LogP contribution in [0.2, 0.25) is 0 Å². The first kappa shape index (κ1) is 6.16. The molecule has 0 aliphatic carbocycles. The number of nitrogens with two attached hydrogens (primary N) is 1. The molecule has 0 aliphatic heterocycles. The van der Waals surface area contributed by atoms with E-state index in [-0.39, 0.29) is 6.04 Å². The molecule has 0 saturated heterocycles. The van der Waals surface area contributed by atoms with Gasteiger partial charge in [-0.1, -0.05) is 0 Å². The van der Waals surface area contributed by atoms with Crippen molar-refractivity contribution in [1.29, 1.82) is 0 Å². The van der Waals surface area contributed by atoms with Crippen molar-refractivity contribution in [2.24, 2.45) is 5.73 Å². The summed E-state index contributed by atoms with van der Waals surface area (Å²) in [5, 5.41) is 7.30. The maximum atomic E-state index is 5.55. The zero-order chi connectivity index (χ0) is 6.69. The lowest BCUT2D eigenvalue weighted by Gasteiger charge is -2.00. The van der Waals surface area contributed by atoms with E-state index >= 15 is 0 Å². The molecule has 0 fully saturated rings. The maximum absolute atomic E-state index is 5.55.